The molecule has 8 heteroatoms. The number of piperidine rings is 1. The van der Waals surface area contributed by atoms with E-state index in [0.717, 1.165) is 85.2 Å². The second-order valence-electron chi connectivity index (χ2n) is 13.4. The summed E-state index contributed by atoms with van der Waals surface area (Å²) in [6.07, 6.45) is 3.83. The van der Waals surface area contributed by atoms with Gasteiger partial charge in [-0.3, -0.25) is 9.88 Å². The van der Waals surface area contributed by atoms with Gasteiger partial charge in [-0.2, -0.15) is 0 Å². The van der Waals surface area contributed by atoms with E-state index in [9.17, 15) is 9.90 Å². The van der Waals surface area contributed by atoms with Gasteiger partial charge in [0.05, 0.1) is 17.8 Å². The Morgan fingerprint density at radius 1 is 1.12 bits per heavy atom. The molecule has 220 valence electrons. The number of aliphatic carboxylic acids is 1. The second-order valence-corrected chi connectivity index (χ2v) is 14.4. The van der Waals surface area contributed by atoms with Gasteiger partial charge in [-0.25, -0.2) is 9.78 Å². The number of hydrogen-bond donors (Lipinski definition) is 1. The van der Waals surface area contributed by atoms with Crippen LogP contribution in [0.5, 0.6) is 0 Å². The molecule has 0 radical (unpaired) electrons. The number of fused-ring (bicyclic) bond motifs is 1. The number of benzene rings is 1. The SMILES string of the molecule is Cc1nc(C)c(C(OC(C)(C)C)C(=O)O)c(N2CCC(C)(C)CC2)c1-c1ccc2c(c1)CCN(Cc1nccs1)C2. The fourth-order valence-corrected chi connectivity index (χ4v) is 6.84. The van der Waals surface area contributed by atoms with Gasteiger partial charge in [0.25, 0.3) is 0 Å². The molecule has 1 aromatic carbocycles. The lowest BCUT2D eigenvalue weighted by molar-refractivity contribution is -0.160. The first kappa shape index (κ1) is 29.7. The van der Waals surface area contributed by atoms with E-state index in [1.54, 1.807) is 11.3 Å². The maximum absolute atomic E-state index is 12.8. The first-order valence-electron chi connectivity index (χ1n) is 14.7. The second kappa shape index (κ2) is 11.5. The molecule has 1 N–H and O–H groups in total. The van der Waals surface area contributed by atoms with Gasteiger partial charge in [-0.1, -0.05) is 32.0 Å². The van der Waals surface area contributed by atoms with Gasteiger partial charge in [-0.15, -0.1) is 11.3 Å². The molecular weight excluding hydrogens is 532 g/mol. The van der Waals surface area contributed by atoms with Crippen LogP contribution in [0.15, 0.2) is 29.8 Å². The maximum atomic E-state index is 12.8. The van der Waals surface area contributed by atoms with Crippen LogP contribution in [0.1, 0.15) is 86.7 Å². The van der Waals surface area contributed by atoms with E-state index in [1.165, 1.54) is 11.1 Å². The van der Waals surface area contributed by atoms with E-state index in [2.05, 4.69) is 53.8 Å². The Morgan fingerprint density at radius 2 is 1.85 bits per heavy atom. The topological polar surface area (TPSA) is 78.8 Å². The summed E-state index contributed by atoms with van der Waals surface area (Å²) < 4.78 is 6.24. The standard InChI is InChI=1S/C33H44N4O3S/c1-21-27(24-8-9-25-19-36(14-10-23(25)18-24)20-26-34-13-17-41-26)29(37-15-11-33(6,7)12-16-37)28(22(2)35-21)30(31(38)39)40-32(3,4)5/h8-9,13,17-18,30H,10-12,14-16,19-20H2,1-7H3,(H,38,39). The Balaban J connectivity index is 1.60. The van der Waals surface area contributed by atoms with Gasteiger partial charge in [0.1, 0.15) is 5.01 Å². The molecule has 41 heavy (non-hydrogen) atoms. The molecule has 2 aromatic heterocycles. The highest BCUT2D eigenvalue weighted by molar-refractivity contribution is 7.09. The molecule has 0 bridgehead atoms. The molecule has 1 unspecified atom stereocenters. The highest BCUT2D eigenvalue weighted by Crippen LogP contribution is 2.45. The van der Waals surface area contributed by atoms with Crippen LogP contribution in [-0.2, 0) is 29.0 Å². The molecule has 0 spiro atoms. The Kier molecular flexibility index (Phi) is 8.30. The number of thiazole rings is 1. The zero-order valence-electron chi connectivity index (χ0n) is 25.6. The lowest BCUT2D eigenvalue weighted by atomic mass is 9.81. The fraction of sp³-hybridized carbons (Fsp3) is 0.545. The van der Waals surface area contributed by atoms with Gasteiger partial charge >= 0.3 is 5.97 Å². The van der Waals surface area contributed by atoms with E-state index in [4.69, 9.17) is 9.72 Å². The van der Waals surface area contributed by atoms with Crippen molar-refractivity contribution in [1.29, 1.82) is 0 Å². The van der Waals surface area contributed by atoms with Crippen molar-refractivity contribution < 1.29 is 14.6 Å². The predicted octanol–water partition coefficient (Wildman–Crippen LogP) is 6.95. The zero-order chi connectivity index (χ0) is 29.5. The minimum Gasteiger partial charge on any atom is -0.479 e. The van der Waals surface area contributed by atoms with Gasteiger partial charge in [-0.05, 0) is 76.0 Å². The Bertz CT molecular complexity index is 1400. The van der Waals surface area contributed by atoms with Crippen molar-refractivity contribution in [3.63, 3.8) is 0 Å². The summed E-state index contributed by atoms with van der Waals surface area (Å²) in [5, 5.41) is 13.6. The molecule has 0 saturated carbocycles. The first-order chi connectivity index (χ1) is 19.3. The number of carboxylic acids is 1. The quantitative estimate of drug-likeness (QED) is 0.326. The highest BCUT2D eigenvalue weighted by Gasteiger charge is 2.36. The van der Waals surface area contributed by atoms with Crippen molar-refractivity contribution in [3.8, 4) is 11.1 Å². The highest BCUT2D eigenvalue weighted by atomic mass is 32.1. The van der Waals surface area contributed by atoms with Crippen molar-refractivity contribution in [2.45, 2.75) is 92.5 Å². The van der Waals surface area contributed by atoms with Crippen LogP contribution >= 0.6 is 11.3 Å². The number of rotatable bonds is 7. The van der Waals surface area contributed by atoms with E-state index in [1.807, 2.05) is 39.3 Å². The molecule has 1 fully saturated rings. The molecule has 1 saturated heterocycles. The number of anilines is 1. The smallest absolute Gasteiger partial charge is 0.337 e. The van der Waals surface area contributed by atoms with Crippen molar-refractivity contribution in [2.24, 2.45) is 5.41 Å². The van der Waals surface area contributed by atoms with Crippen LogP contribution in [0.3, 0.4) is 0 Å². The lowest BCUT2D eigenvalue weighted by Gasteiger charge is -2.41. The molecule has 5 rings (SSSR count). The largest absolute Gasteiger partial charge is 0.479 e. The molecule has 1 atom stereocenters. The van der Waals surface area contributed by atoms with E-state index in [-0.39, 0.29) is 5.41 Å². The Labute approximate surface area is 248 Å². The van der Waals surface area contributed by atoms with Crippen LogP contribution in [0, 0.1) is 19.3 Å². The van der Waals surface area contributed by atoms with Crippen molar-refractivity contribution >= 4 is 23.0 Å². The first-order valence-corrected chi connectivity index (χ1v) is 15.6. The Hall–Kier alpha value is -2.81. The molecule has 2 aliphatic rings. The molecule has 0 aliphatic carbocycles. The molecule has 2 aliphatic heterocycles. The van der Waals surface area contributed by atoms with E-state index >= 15 is 0 Å². The van der Waals surface area contributed by atoms with Crippen molar-refractivity contribution in [3.05, 3.63) is 62.9 Å². The van der Waals surface area contributed by atoms with Gasteiger partial charge in [0.15, 0.2) is 6.10 Å². The number of ether oxygens (including phenoxy) is 1. The summed E-state index contributed by atoms with van der Waals surface area (Å²) in [6.45, 7) is 18.8. The van der Waals surface area contributed by atoms with Crippen LogP contribution in [0.4, 0.5) is 5.69 Å². The maximum Gasteiger partial charge on any atom is 0.337 e. The summed E-state index contributed by atoms with van der Waals surface area (Å²) in [5.74, 6) is -0.982. The summed E-state index contributed by atoms with van der Waals surface area (Å²) >= 11 is 1.71. The normalized spacial score (nSPS) is 18.3. The number of carbonyl (C=O) groups is 1. The summed E-state index contributed by atoms with van der Waals surface area (Å²) in [4.78, 5) is 27.0. The number of carboxylic acid groups (broad SMARTS) is 1. The number of nitrogens with zero attached hydrogens (tertiary/aromatic N) is 4. The minimum atomic E-state index is -1.11. The number of hydrogen-bond acceptors (Lipinski definition) is 7. The monoisotopic (exact) mass is 576 g/mol. The third-order valence-electron chi connectivity index (χ3n) is 8.40. The van der Waals surface area contributed by atoms with Crippen LogP contribution < -0.4 is 4.90 Å². The van der Waals surface area contributed by atoms with Gasteiger partial charge < -0.3 is 14.7 Å². The number of aromatic nitrogens is 2. The molecule has 7 nitrogen and oxygen atoms in total. The average molecular weight is 577 g/mol. The van der Waals surface area contributed by atoms with Crippen LogP contribution in [0.2, 0.25) is 0 Å². The molecule has 4 heterocycles. The Morgan fingerprint density at radius 3 is 2.49 bits per heavy atom. The van der Waals surface area contributed by atoms with E-state index < -0.39 is 17.7 Å². The number of pyridine rings is 1. The summed E-state index contributed by atoms with van der Waals surface area (Å²) in [6, 6.07) is 6.77. The van der Waals surface area contributed by atoms with Crippen molar-refractivity contribution in [1.82, 2.24) is 14.9 Å². The predicted molar refractivity (Wildman–Crippen MR) is 166 cm³/mol. The third-order valence-corrected chi connectivity index (χ3v) is 9.16. The van der Waals surface area contributed by atoms with E-state index in [0.29, 0.717) is 5.56 Å². The molecule has 0 amide bonds. The lowest BCUT2D eigenvalue weighted by Crippen LogP contribution is -2.39. The van der Waals surface area contributed by atoms with Crippen molar-refractivity contribution in [2.75, 3.05) is 24.5 Å². The average Bonchev–Trinajstić information content (AvgIpc) is 3.39. The van der Waals surface area contributed by atoms with Crippen LogP contribution in [0.25, 0.3) is 11.1 Å². The summed E-state index contributed by atoms with van der Waals surface area (Å²) in [7, 11) is 0. The zero-order valence-corrected chi connectivity index (χ0v) is 26.4. The molecular formula is C33H44N4O3S. The van der Waals surface area contributed by atoms with Gasteiger partial charge in [0.2, 0.25) is 0 Å². The number of aryl methyl sites for hydroxylation is 2. The van der Waals surface area contributed by atoms with Crippen LogP contribution in [-0.4, -0.2) is 51.2 Å². The van der Waals surface area contributed by atoms with Gasteiger partial charge in [0, 0.05) is 60.3 Å². The molecule has 3 aromatic rings. The fourth-order valence-electron chi connectivity index (χ4n) is 6.18. The third kappa shape index (κ3) is 6.65. The summed E-state index contributed by atoms with van der Waals surface area (Å²) in [5.41, 5.74) is 7.76. The minimum absolute atomic E-state index is 0.262.